The highest BCUT2D eigenvalue weighted by Gasteiger charge is 2.25. The Hall–Kier alpha value is -3.34. The van der Waals surface area contributed by atoms with E-state index in [1.54, 1.807) is 6.07 Å². The number of urea groups is 1. The highest BCUT2D eigenvalue weighted by Crippen LogP contribution is 2.50. The van der Waals surface area contributed by atoms with E-state index < -0.39 is 11.0 Å². The molecule has 2 amide bonds. The van der Waals surface area contributed by atoms with Gasteiger partial charge in [0, 0.05) is 30.8 Å². The molecule has 0 saturated heterocycles. The van der Waals surface area contributed by atoms with Gasteiger partial charge in [-0.1, -0.05) is 46.9 Å². The molecule has 3 aromatic rings. The molecule has 0 aliphatic heterocycles. The first kappa shape index (κ1) is 24.3. The average Bonchev–Trinajstić information content (AvgIpc) is 2.82. The Morgan fingerprint density at radius 1 is 1.06 bits per heavy atom. The molecule has 3 rings (SSSR count). The van der Waals surface area contributed by atoms with Crippen LogP contribution in [0, 0.1) is 10.1 Å². The van der Waals surface area contributed by atoms with E-state index in [0.717, 1.165) is 0 Å². The Bertz CT molecular complexity index is 1210. The van der Waals surface area contributed by atoms with Crippen molar-refractivity contribution < 1.29 is 19.2 Å². The van der Waals surface area contributed by atoms with Gasteiger partial charge in [0.15, 0.2) is 11.5 Å². The molecular weight excluding hydrogens is 497 g/mol. The van der Waals surface area contributed by atoms with Gasteiger partial charge in [-0.3, -0.25) is 15.0 Å². The zero-order valence-electron chi connectivity index (χ0n) is 17.4. The van der Waals surface area contributed by atoms with E-state index in [9.17, 15) is 14.9 Å². The standard InChI is InChI=1S/C20H16Cl3N5O5/c1-27(13-8-12(24-9-25-13)10-5-4-6-11(7-10)28(30)31)20(29)26-17-14(21)18(32-2)16(23)19(33-3)15(17)22/h4-9H,1-3H3,(H,26,29). The maximum absolute atomic E-state index is 12.9. The highest BCUT2D eigenvalue weighted by atomic mass is 35.5. The van der Waals surface area contributed by atoms with Gasteiger partial charge in [0.2, 0.25) is 0 Å². The van der Waals surface area contributed by atoms with E-state index in [1.807, 2.05) is 0 Å². The van der Waals surface area contributed by atoms with E-state index >= 15 is 0 Å². The van der Waals surface area contributed by atoms with Gasteiger partial charge in [-0.15, -0.1) is 0 Å². The van der Waals surface area contributed by atoms with Gasteiger partial charge in [0.05, 0.1) is 30.5 Å². The fourth-order valence-electron chi connectivity index (χ4n) is 2.85. The molecule has 10 nitrogen and oxygen atoms in total. The second-order valence-corrected chi connectivity index (χ2v) is 7.58. The molecule has 0 bridgehead atoms. The van der Waals surface area contributed by atoms with Gasteiger partial charge in [-0.25, -0.2) is 14.8 Å². The van der Waals surface area contributed by atoms with Crippen LogP contribution in [0.4, 0.5) is 22.0 Å². The van der Waals surface area contributed by atoms with Crippen LogP contribution in [0.5, 0.6) is 11.5 Å². The van der Waals surface area contributed by atoms with Crippen LogP contribution in [0.25, 0.3) is 11.3 Å². The number of aromatic nitrogens is 2. The van der Waals surface area contributed by atoms with Crippen molar-refractivity contribution in [2.24, 2.45) is 0 Å². The molecule has 0 saturated carbocycles. The number of carbonyl (C=O) groups excluding carboxylic acids is 1. The Labute approximate surface area is 203 Å². The van der Waals surface area contributed by atoms with Crippen LogP contribution in [-0.4, -0.2) is 42.2 Å². The molecule has 0 fully saturated rings. The first-order valence-electron chi connectivity index (χ1n) is 9.09. The summed E-state index contributed by atoms with van der Waals surface area (Å²) in [5, 5.41) is 13.7. The minimum Gasteiger partial charge on any atom is -0.493 e. The normalized spacial score (nSPS) is 10.5. The predicted molar refractivity (Wildman–Crippen MR) is 126 cm³/mol. The van der Waals surface area contributed by atoms with E-state index in [0.29, 0.717) is 11.3 Å². The van der Waals surface area contributed by atoms with Crippen molar-refractivity contribution in [3.8, 4) is 22.8 Å². The van der Waals surface area contributed by atoms with E-state index in [1.165, 1.54) is 56.8 Å². The van der Waals surface area contributed by atoms with E-state index in [-0.39, 0.29) is 43.8 Å². The Kier molecular flexibility index (Phi) is 7.42. The monoisotopic (exact) mass is 511 g/mol. The lowest BCUT2D eigenvalue weighted by Crippen LogP contribution is -2.32. The fourth-order valence-corrected chi connectivity index (χ4v) is 3.96. The number of non-ortho nitro benzene ring substituents is 1. The van der Waals surface area contributed by atoms with Crippen LogP contribution in [-0.2, 0) is 0 Å². The number of hydrogen-bond donors (Lipinski definition) is 1. The Balaban J connectivity index is 1.93. The number of nitrogens with one attached hydrogen (secondary N) is 1. The smallest absolute Gasteiger partial charge is 0.327 e. The van der Waals surface area contributed by atoms with Crippen LogP contribution >= 0.6 is 34.8 Å². The summed E-state index contributed by atoms with van der Waals surface area (Å²) in [4.78, 5) is 32.9. The topological polar surface area (TPSA) is 120 Å². The van der Waals surface area contributed by atoms with Crippen LogP contribution in [0.15, 0.2) is 36.7 Å². The lowest BCUT2D eigenvalue weighted by Gasteiger charge is -2.21. The van der Waals surface area contributed by atoms with Crippen LogP contribution < -0.4 is 19.7 Å². The van der Waals surface area contributed by atoms with Gasteiger partial charge in [-0.2, -0.15) is 0 Å². The Morgan fingerprint density at radius 3 is 2.27 bits per heavy atom. The van der Waals surface area contributed by atoms with Crippen molar-refractivity contribution >= 4 is 58.0 Å². The molecule has 2 aromatic carbocycles. The second-order valence-electron chi connectivity index (χ2n) is 6.44. The summed E-state index contributed by atoms with van der Waals surface area (Å²) in [6, 6.07) is 6.80. The summed E-state index contributed by atoms with van der Waals surface area (Å²) in [5.41, 5.74) is 0.809. The number of benzene rings is 2. The lowest BCUT2D eigenvalue weighted by atomic mass is 10.1. The lowest BCUT2D eigenvalue weighted by molar-refractivity contribution is -0.384. The number of ether oxygens (including phenoxy) is 2. The highest BCUT2D eigenvalue weighted by molar-refractivity contribution is 6.45. The maximum Gasteiger partial charge on any atom is 0.327 e. The van der Waals surface area contributed by atoms with Gasteiger partial charge < -0.3 is 14.8 Å². The van der Waals surface area contributed by atoms with Crippen molar-refractivity contribution in [2.75, 3.05) is 31.5 Å². The number of anilines is 2. The second kappa shape index (κ2) is 10.1. The van der Waals surface area contributed by atoms with Crippen molar-refractivity contribution in [3.63, 3.8) is 0 Å². The van der Waals surface area contributed by atoms with Crippen molar-refractivity contribution in [2.45, 2.75) is 0 Å². The molecule has 33 heavy (non-hydrogen) atoms. The third-order valence-corrected chi connectivity index (χ3v) is 5.59. The molecule has 0 aliphatic carbocycles. The number of carbonyl (C=O) groups is 1. The minimum atomic E-state index is -0.645. The number of amides is 2. The first-order valence-corrected chi connectivity index (χ1v) is 10.2. The third kappa shape index (κ3) is 4.87. The molecular formula is C20H16Cl3N5O5. The first-order chi connectivity index (χ1) is 15.7. The van der Waals surface area contributed by atoms with Gasteiger partial charge in [0.1, 0.15) is 27.2 Å². The summed E-state index contributed by atoms with van der Waals surface area (Å²) in [5.74, 6) is 0.365. The molecule has 0 unspecified atom stereocenters. The summed E-state index contributed by atoms with van der Waals surface area (Å²) in [6.07, 6.45) is 1.24. The van der Waals surface area contributed by atoms with Crippen molar-refractivity contribution in [3.05, 3.63) is 61.8 Å². The van der Waals surface area contributed by atoms with Crippen molar-refractivity contribution in [1.82, 2.24) is 9.97 Å². The summed E-state index contributed by atoms with van der Waals surface area (Å²) < 4.78 is 10.4. The largest absolute Gasteiger partial charge is 0.493 e. The fraction of sp³-hybridized carbons (Fsp3) is 0.150. The van der Waals surface area contributed by atoms with Gasteiger partial charge >= 0.3 is 6.03 Å². The average molecular weight is 513 g/mol. The van der Waals surface area contributed by atoms with E-state index in [4.69, 9.17) is 44.3 Å². The number of nitrogens with zero attached hydrogens (tertiary/aromatic N) is 4. The van der Waals surface area contributed by atoms with Crippen LogP contribution in [0.1, 0.15) is 0 Å². The zero-order chi connectivity index (χ0) is 24.3. The summed E-state index contributed by atoms with van der Waals surface area (Å²) in [6.45, 7) is 0. The SMILES string of the molecule is COc1c(Cl)c(NC(=O)N(C)c2cc(-c3cccc([N+](=O)[O-])c3)ncn2)c(Cl)c(OC)c1Cl. The maximum atomic E-state index is 12.9. The summed E-state index contributed by atoms with van der Waals surface area (Å²) >= 11 is 18.8. The molecule has 1 aromatic heterocycles. The van der Waals surface area contributed by atoms with Gasteiger partial charge in [-0.05, 0) is 0 Å². The van der Waals surface area contributed by atoms with Crippen LogP contribution in [0.2, 0.25) is 15.1 Å². The molecule has 0 radical (unpaired) electrons. The third-order valence-electron chi connectivity index (χ3n) is 4.53. The van der Waals surface area contributed by atoms with Crippen LogP contribution in [0.3, 0.4) is 0 Å². The quantitative estimate of drug-likeness (QED) is 0.332. The molecule has 172 valence electrons. The number of nitro benzene ring substituents is 1. The minimum absolute atomic E-state index is 0.0185. The molecule has 13 heteroatoms. The van der Waals surface area contributed by atoms with E-state index in [2.05, 4.69) is 15.3 Å². The molecule has 0 spiro atoms. The number of nitro groups is 1. The molecule has 0 aliphatic rings. The Morgan fingerprint density at radius 2 is 1.70 bits per heavy atom. The van der Waals surface area contributed by atoms with Gasteiger partial charge in [0.25, 0.3) is 5.69 Å². The number of halogens is 3. The molecule has 1 heterocycles. The number of hydrogen-bond acceptors (Lipinski definition) is 7. The molecule has 1 N–H and O–H groups in total. The number of methoxy groups -OCH3 is 2. The molecule has 0 atom stereocenters. The summed E-state index contributed by atoms with van der Waals surface area (Å²) in [7, 11) is 4.17. The van der Waals surface area contributed by atoms with Crippen molar-refractivity contribution in [1.29, 1.82) is 0 Å². The zero-order valence-corrected chi connectivity index (χ0v) is 19.7. The predicted octanol–water partition coefficient (Wildman–Crippen LogP) is 5.70. The number of rotatable bonds is 6.